The number of amides is 1. The minimum absolute atomic E-state index is 0.0158. The molecular formula is C20H22N2O. The highest BCUT2D eigenvalue weighted by molar-refractivity contribution is 5.99. The fourth-order valence-electron chi connectivity index (χ4n) is 2.81. The van der Waals surface area contributed by atoms with Crippen molar-refractivity contribution < 1.29 is 4.79 Å². The molecule has 1 aliphatic carbocycles. The Bertz CT molecular complexity index is 749. The molecule has 1 fully saturated rings. The molecule has 1 amide bonds. The molecule has 3 rings (SSSR count). The van der Waals surface area contributed by atoms with Gasteiger partial charge in [0.15, 0.2) is 0 Å². The molecule has 3 heteroatoms. The summed E-state index contributed by atoms with van der Waals surface area (Å²) >= 11 is 0. The van der Waals surface area contributed by atoms with Crippen molar-refractivity contribution in [3.05, 3.63) is 70.8 Å². The predicted molar refractivity (Wildman–Crippen MR) is 93.6 cm³/mol. The molecule has 0 aliphatic heterocycles. The van der Waals surface area contributed by atoms with Crippen molar-refractivity contribution >= 4 is 11.6 Å². The topological polar surface area (TPSA) is 41.5 Å². The van der Waals surface area contributed by atoms with Gasteiger partial charge in [0, 0.05) is 5.92 Å². The summed E-state index contributed by atoms with van der Waals surface area (Å²) in [7, 11) is 0. The third kappa shape index (κ3) is 3.50. The number of nitrogens with zero attached hydrogens (tertiary/aromatic N) is 1. The Morgan fingerprint density at radius 3 is 2.52 bits per heavy atom. The SMILES string of the molecule is C/C(=N\NC(=O)[C@@H]1C[C@H]1c1ccccc1)c1ccc(C)c(C)c1. The zero-order valence-corrected chi connectivity index (χ0v) is 13.8. The Kier molecular flexibility index (Phi) is 4.28. The van der Waals surface area contributed by atoms with Crippen LogP contribution in [0.15, 0.2) is 53.6 Å². The maximum absolute atomic E-state index is 12.2. The molecular weight excluding hydrogens is 284 g/mol. The van der Waals surface area contributed by atoms with E-state index in [9.17, 15) is 4.79 Å². The van der Waals surface area contributed by atoms with Crippen LogP contribution in [0.4, 0.5) is 0 Å². The number of nitrogens with one attached hydrogen (secondary N) is 1. The van der Waals surface area contributed by atoms with Gasteiger partial charge in [-0.25, -0.2) is 5.43 Å². The zero-order valence-electron chi connectivity index (χ0n) is 13.8. The lowest BCUT2D eigenvalue weighted by atomic mass is 10.0. The first-order valence-electron chi connectivity index (χ1n) is 8.03. The van der Waals surface area contributed by atoms with E-state index in [4.69, 9.17) is 0 Å². The molecule has 0 bridgehead atoms. The molecule has 2 aromatic carbocycles. The normalized spacial score (nSPS) is 20.2. The summed E-state index contributed by atoms with van der Waals surface area (Å²) < 4.78 is 0. The Morgan fingerprint density at radius 1 is 1.09 bits per heavy atom. The Hall–Kier alpha value is -2.42. The Morgan fingerprint density at radius 2 is 1.83 bits per heavy atom. The molecule has 0 heterocycles. The van der Waals surface area contributed by atoms with Crippen LogP contribution in [0, 0.1) is 19.8 Å². The molecule has 0 aromatic heterocycles. The molecule has 3 nitrogen and oxygen atoms in total. The first-order valence-corrected chi connectivity index (χ1v) is 8.03. The standard InChI is InChI=1S/C20H22N2O/c1-13-9-10-17(11-14(13)2)15(3)21-22-20(23)19-12-18(19)16-7-5-4-6-8-16/h4-11,18-19H,12H2,1-3H3,(H,22,23)/b21-15+/t18-,19+/m0/s1. The van der Waals surface area contributed by atoms with E-state index in [1.807, 2.05) is 31.2 Å². The molecule has 0 radical (unpaired) electrons. The number of carbonyl (C=O) groups excluding carboxylic acids is 1. The lowest BCUT2D eigenvalue weighted by molar-refractivity contribution is -0.122. The molecule has 0 unspecified atom stereocenters. The van der Waals surface area contributed by atoms with Crippen LogP contribution in [0.2, 0.25) is 0 Å². The van der Waals surface area contributed by atoms with Gasteiger partial charge in [-0.05, 0) is 61.4 Å². The van der Waals surface area contributed by atoms with Crippen LogP contribution in [0.25, 0.3) is 0 Å². The second-order valence-electron chi connectivity index (χ2n) is 6.33. The van der Waals surface area contributed by atoms with Crippen LogP contribution in [0.1, 0.15) is 41.5 Å². The van der Waals surface area contributed by atoms with Gasteiger partial charge in [0.2, 0.25) is 5.91 Å². The monoisotopic (exact) mass is 306 g/mol. The van der Waals surface area contributed by atoms with Crippen LogP contribution in [-0.2, 0) is 4.79 Å². The zero-order chi connectivity index (χ0) is 16.4. The van der Waals surface area contributed by atoms with Crippen molar-refractivity contribution in [2.24, 2.45) is 11.0 Å². The van der Waals surface area contributed by atoms with Crippen LogP contribution < -0.4 is 5.43 Å². The lowest BCUT2D eigenvalue weighted by Gasteiger charge is -2.06. The summed E-state index contributed by atoms with van der Waals surface area (Å²) in [6, 6.07) is 16.4. The van der Waals surface area contributed by atoms with Crippen molar-refractivity contribution in [1.29, 1.82) is 0 Å². The Balaban J connectivity index is 1.61. The highest BCUT2D eigenvalue weighted by Crippen LogP contribution is 2.47. The van der Waals surface area contributed by atoms with E-state index in [0.29, 0.717) is 5.92 Å². The van der Waals surface area contributed by atoms with Crippen molar-refractivity contribution in [2.75, 3.05) is 0 Å². The van der Waals surface area contributed by atoms with Crippen molar-refractivity contribution in [2.45, 2.75) is 33.1 Å². The number of rotatable bonds is 4. The third-order valence-electron chi connectivity index (χ3n) is 4.61. The number of benzene rings is 2. The van der Waals surface area contributed by atoms with Gasteiger partial charge in [-0.1, -0.05) is 42.5 Å². The van der Waals surface area contributed by atoms with Gasteiger partial charge in [-0.15, -0.1) is 0 Å². The van der Waals surface area contributed by atoms with Gasteiger partial charge in [-0.2, -0.15) is 5.10 Å². The second-order valence-corrected chi connectivity index (χ2v) is 6.33. The Labute approximate surface area is 137 Å². The van der Waals surface area contributed by atoms with Gasteiger partial charge >= 0.3 is 0 Å². The summed E-state index contributed by atoms with van der Waals surface area (Å²) in [5.74, 6) is 0.407. The summed E-state index contributed by atoms with van der Waals surface area (Å²) in [5, 5.41) is 4.27. The number of aryl methyl sites for hydroxylation is 2. The summed E-state index contributed by atoms with van der Waals surface area (Å²) in [5.41, 5.74) is 8.33. The fraction of sp³-hybridized carbons (Fsp3) is 0.300. The smallest absolute Gasteiger partial charge is 0.243 e. The average Bonchev–Trinajstić information content (AvgIpc) is 3.36. The lowest BCUT2D eigenvalue weighted by Crippen LogP contribution is -2.21. The van der Waals surface area contributed by atoms with E-state index < -0.39 is 0 Å². The molecule has 2 atom stereocenters. The third-order valence-corrected chi connectivity index (χ3v) is 4.61. The van der Waals surface area contributed by atoms with E-state index in [1.165, 1.54) is 16.7 Å². The van der Waals surface area contributed by atoms with Gasteiger partial charge in [0.1, 0.15) is 0 Å². The van der Waals surface area contributed by atoms with E-state index in [2.05, 4.69) is 48.6 Å². The minimum atomic E-state index is 0.0158. The van der Waals surface area contributed by atoms with E-state index in [-0.39, 0.29) is 11.8 Å². The molecule has 1 saturated carbocycles. The molecule has 0 saturated heterocycles. The molecule has 0 spiro atoms. The first-order chi connectivity index (χ1) is 11.1. The molecule has 118 valence electrons. The van der Waals surface area contributed by atoms with Gasteiger partial charge < -0.3 is 0 Å². The van der Waals surface area contributed by atoms with Crippen LogP contribution in [0.5, 0.6) is 0 Å². The highest BCUT2D eigenvalue weighted by Gasteiger charge is 2.43. The van der Waals surface area contributed by atoms with Crippen LogP contribution >= 0.6 is 0 Å². The van der Waals surface area contributed by atoms with Crippen molar-refractivity contribution in [3.63, 3.8) is 0 Å². The summed E-state index contributed by atoms with van der Waals surface area (Å²) in [6.07, 6.45) is 0.911. The number of hydrogen-bond acceptors (Lipinski definition) is 2. The second kappa shape index (κ2) is 6.37. The maximum Gasteiger partial charge on any atom is 0.243 e. The van der Waals surface area contributed by atoms with E-state index >= 15 is 0 Å². The van der Waals surface area contributed by atoms with Crippen LogP contribution in [-0.4, -0.2) is 11.6 Å². The van der Waals surface area contributed by atoms with E-state index in [0.717, 1.165) is 17.7 Å². The fourth-order valence-corrected chi connectivity index (χ4v) is 2.81. The maximum atomic E-state index is 12.2. The molecule has 1 N–H and O–H groups in total. The van der Waals surface area contributed by atoms with Gasteiger partial charge in [0.25, 0.3) is 0 Å². The number of hydrogen-bond donors (Lipinski definition) is 1. The predicted octanol–water partition coefficient (Wildman–Crippen LogP) is 3.95. The van der Waals surface area contributed by atoms with Gasteiger partial charge in [-0.3, -0.25) is 4.79 Å². The minimum Gasteiger partial charge on any atom is -0.273 e. The van der Waals surface area contributed by atoms with Crippen LogP contribution in [0.3, 0.4) is 0 Å². The molecule has 2 aromatic rings. The van der Waals surface area contributed by atoms with Crippen molar-refractivity contribution in [3.8, 4) is 0 Å². The number of carbonyl (C=O) groups is 1. The quantitative estimate of drug-likeness (QED) is 0.674. The first kappa shape index (κ1) is 15.5. The summed E-state index contributed by atoms with van der Waals surface area (Å²) in [4.78, 5) is 12.2. The largest absolute Gasteiger partial charge is 0.273 e. The summed E-state index contributed by atoms with van der Waals surface area (Å²) in [6.45, 7) is 6.09. The van der Waals surface area contributed by atoms with Crippen molar-refractivity contribution in [1.82, 2.24) is 5.43 Å². The highest BCUT2D eigenvalue weighted by atomic mass is 16.2. The van der Waals surface area contributed by atoms with E-state index in [1.54, 1.807) is 0 Å². The van der Waals surface area contributed by atoms with Gasteiger partial charge in [0.05, 0.1) is 5.71 Å². The average molecular weight is 306 g/mol. The molecule has 23 heavy (non-hydrogen) atoms. The molecule has 1 aliphatic rings. The number of hydrazone groups is 1.